The number of aliphatic hydroxyl groups excluding tert-OH is 1. The second-order valence-electron chi connectivity index (χ2n) is 2.99. The summed E-state index contributed by atoms with van der Waals surface area (Å²) in [5.74, 6) is 0.856. The minimum absolute atomic E-state index is 0.164. The molecule has 0 aliphatic rings. The van der Waals surface area contributed by atoms with Gasteiger partial charge in [0.2, 0.25) is 0 Å². The van der Waals surface area contributed by atoms with Crippen LogP contribution in [0.1, 0.15) is 18.9 Å². The molecule has 76 valence electrons. The highest BCUT2D eigenvalue weighted by Gasteiger charge is 2.05. The second-order valence-corrected chi connectivity index (χ2v) is 2.99. The van der Waals surface area contributed by atoms with Crippen molar-refractivity contribution in [2.45, 2.75) is 13.3 Å². The van der Waals surface area contributed by atoms with Crippen molar-refractivity contribution in [3.05, 3.63) is 35.9 Å². The second kappa shape index (κ2) is 5.45. The van der Waals surface area contributed by atoms with E-state index in [1.807, 2.05) is 37.3 Å². The number of ether oxygens (including phenoxy) is 1. The van der Waals surface area contributed by atoms with Gasteiger partial charge in [-0.3, -0.25) is 0 Å². The average Bonchev–Trinajstić information content (AvgIpc) is 2.26. The lowest BCUT2D eigenvalue weighted by Crippen LogP contribution is -1.93. The van der Waals surface area contributed by atoms with Gasteiger partial charge in [-0.15, -0.1) is 0 Å². The molecule has 14 heavy (non-hydrogen) atoms. The number of rotatable bonds is 4. The van der Waals surface area contributed by atoms with Gasteiger partial charge >= 0.3 is 0 Å². The number of allylic oxidation sites excluding steroid dienone is 1. The van der Waals surface area contributed by atoms with Crippen molar-refractivity contribution in [3.63, 3.8) is 0 Å². The van der Waals surface area contributed by atoms with Gasteiger partial charge in [-0.1, -0.05) is 24.3 Å². The first kappa shape index (κ1) is 10.8. The van der Waals surface area contributed by atoms with Crippen LogP contribution in [-0.4, -0.2) is 18.8 Å². The summed E-state index contributed by atoms with van der Waals surface area (Å²) in [6, 6.07) is 7.84. The zero-order valence-electron chi connectivity index (χ0n) is 8.66. The zero-order chi connectivity index (χ0) is 10.4. The molecule has 0 saturated carbocycles. The van der Waals surface area contributed by atoms with E-state index in [1.165, 1.54) is 0 Å². The first-order valence-corrected chi connectivity index (χ1v) is 4.73. The molecule has 0 fully saturated rings. The van der Waals surface area contributed by atoms with E-state index >= 15 is 0 Å². The molecule has 0 aliphatic carbocycles. The Kier molecular flexibility index (Phi) is 4.20. The van der Waals surface area contributed by atoms with Crippen molar-refractivity contribution in [2.75, 3.05) is 13.7 Å². The fourth-order valence-electron chi connectivity index (χ4n) is 1.46. The third-order valence-corrected chi connectivity index (χ3v) is 2.18. The lowest BCUT2D eigenvalue weighted by Gasteiger charge is -2.10. The Morgan fingerprint density at radius 3 is 2.71 bits per heavy atom. The van der Waals surface area contributed by atoms with Gasteiger partial charge in [-0.2, -0.15) is 0 Å². The van der Waals surface area contributed by atoms with Crippen LogP contribution >= 0.6 is 0 Å². The van der Waals surface area contributed by atoms with E-state index in [0.29, 0.717) is 6.42 Å². The molecule has 1 rings (SSSR count). The summed E-state index contributed by atoms with van der Waals surface area (Å²) in [7, 11) is 1.66. The minimum Gasteiger partial charge on any atom is -0.496 e. The lowest BCUT2D eigenvalue weighted by atomic mass is 10.0. The van der Waals surface area contributed by atoms with Crippen LogP contribution in [0.3, 0.4) is 0 Å². The Hall–Kier alpha value is -1.28. The van der Waals surface area contributed by atoms with Crippen LogP contribution < -0.4 is 4.74 Å². The Balaban J connectivity index is 3.03. The van der Waals surface area contributed by atoms with Gasteiger partial charge in [0.05, 0.1) is 7.11 Å². The molecule has 1 aromatic rings. The summed E-state index contributed by atoms with van der Waals surface area (Å²) < 4.78 is 5.25. The first-order chi connectivity index (χ1) is 6.83. The maximum Gasteiger partial charge on any atom is 0.126 e. The molecule has 1 aromatic carbocycles. The number of para-hydroxylation sites is 1. The summed E-state index contributed by atoms with van der Waals surface area (Å²) >= 11 is 0. The monoisotopic (exact) mass is 192 g/mol. The molecule has 0 radical (unpaired) electrons. The van der Waals surface area contributed by atoms with Crippen LogP contribution in [0.4, 0.5) is 0 Å². The molecule has 0 spiro atoms. The molecule has 2 nitrogen and oxygen atoms in total. The van der Waals surface area contributed by atoms with Gasteiger partial charge in [-0.25, -0.2) is 0 Å². The van der Waals surface area contributed by atoms with Gasteiger partial charge in [0.15, 0.2) is 0 Å². The van der Waals surface area contributed by atoms with Crippen molar-refractivity contribution in [1.29, 1.82) is 0 Å². The highest BCUT2D eigenvalue weighted by molar-refractivity contribution is 5.70. The Morgan fingerprint density at radius 1 is 1.43 bits per heavy atom. The molecule has 2 heteroatoms. The van der Waals surface area contributed by atoms with E-state index in [2.05, 4.69) is 0 Å². The van der Waals surface area contributed by atoms with E-state index < -0.39 is 0 Å². The molecular weight excluding hydrogens is 176 g/mol. The van der Waals surface area contributed by atoms with Gasteiger partial charge in [0.1, 0.15) is 5.75 Å². The fourth-order valence-corrected chi connectivity index (χ4v) is 1.46. The van der Waals surface area contributed by atoms with Crippen molar-refractivity contribution < 1.29 is 9.84 Å². The number of hydrogen-bond acceptors (Lipinski definition) is 2. The van der Waals surface area contributed by atoms with E-state index in [0.717, 1.165) is 16.9 Å². The van der Waals surface area contributed by atoms with E-state index in [9.17, 15) is 0 Å². The smallest absolute Gasteiger partial charge is 0.126 e. The Bertz CT molecular complexity index is 316. The zero-order valence-corrected chi connectivity index (χ0v) is 8.66. The van der Waals surface area contributed by atoms with Crippen LogP contribution in [-0.2, 0) is 0 Å². The van der Waals surface area contributed by atoms with Crippen molar-refractivity contribution >= 4 is 5.57 Å². The average molecular weight is 192 g/mol. The number of aliphatic hydroxyl groups is 1. The predicted octanol–water partition coefficient (Wildman–Crippen LogP) is 2.48. The SMILES string of the molecule is C/C=C(\CCO)c1ccccc1OC. The van der Waals surface area contributed by atoms with E-state index in [1.54, 1.807) is 7.11 Å². The number of hydrogen-bond donors (Lipinski definition) is 1. The Labute approximate surface area is 84.8 Å². The lowest BCUT2D eigenvalue weighted by molar-refractivity contribution is 0.304. The van der Waals surface area contributed by atoms with Crippen molar-refractivity contribution in [3.8, 4) is 5.75 Å². The van der Waals surface area contributed by atoms with Crippen molar-refractivity contribution in [1.82, 2.24) is 0 Å². The molecule has 0 amide bonds. The van der Waals surface area contributed by atoms with Crippen LogP contribution in [0.15, 0.2) is 30.3 Å². The van der Waals surface area contributed by atoms with Gasteiger partial charge in [0.25, 0.3) is 0 Å². The molecule has 0 saturated heterocycles. The molecule has 0 bridgehead atoms. The Morgan fingerprint density at radius 2 is 2.14 bits per heavy atom. The number of benzene rings is 1. The summed E-state index contributed by atoms with van der Waals surface area (Å²) in [6.45, 7) is 2.13. The maximum atomic E-state index is 8.91. The minimum atomic E-state index is 0.164. The summed E-state index contributed by atoms with van der Waals surface area (Å²) in [5, 5.41) is 8.91. The molecule has 1 N–H and O–H groups in total. The molecule has 0 unspecified atom stereocenters. The van der Waals surface area contributed by atoms with Gasteiger partial charge in [-0.05, 0) is 25.0 Å². The maximum absolute atomic E-state index is 8.91. The topological polar surface area (TPSA) is 29.5 Å². The van der Waals surface area contributed by atoms with Gasteiger partial charge < -0.3 is 9.84 Å². The fraction of sp³-hybridized carbons (Fsp3) is 0.333. The van der Waals surface area contributed by atoms with E-state index in [-0.39, 0.29) is 6.61 Å². The summed E-state index contributed by atoms with van der Waals surface area (Å²) in [5.41, 5.74) is 2.18. The number of methoxy groups -OCH3 is 1. The van der Waals surface area contributed by atoms with Crippen LogP contribution in [0.25, 0.3) is 5.57 Å². The van der Waals surface area contributed by atoms with Crippen LogP contribution in [0.5, 0.6) is 5.75 Å². The molecule has 0 atom stereocenters. The summed E-state index contributed by atoms with van der Waals surface area (Å²) in [4.78, 5) is 0. The van der Waals surface area contributed by atoms with Crippen LogP contribution in [0.2, 0.25) is 0 Å². The molecular formula is C12H16O2. The molecule has 0 heterocycles. The quantitative estimate of drug-likeness (QED) is 0.794. The predicted molar refractivity (Wildman–Crippen MR) is 58.3 cm³/mol. The van der Waals surface area contributed by atoms with E-state index in [4.69, 9.17) is 9.84 Å². The normalized spacial score (nSPS) is 11.5. The largest absolute Gasteiger partial charge is 0.496 e. The standard InChI is InChI=1S/C12H16O2/c1-3-10(8-9-13)11-6-4-5-7-12(11)14-2/h3-7,13H,8-9H2,1-2H3/b10-3+. The molecule has 0 aliphatic heterocycles. The first-order valence-electron chi connectivity index (χ1n) is 4.73. The van der Waals surface area contributed by atoms with Crippen molar-refractivity contribution in [2.24, 2.45) is 0 Å². The third kappa shape index (κ3) is 2.36. The third-order valence-electron chi connectivity index (χ3n) is 2.18. The van der Waals surface area contributed by atoms with Gasteiger partial charge in [0, 0.05) is 12.2 Å². The summed E-state index contributed by atoms with van der Waals surface area (Å²) in [6.07, 6.45) is 2.67. The highest BCUT2D eigenvalue weighted by atomic mass is 16.5. The molecule has 0 aromatic heterocycles. The highest BCUT2D eigenvalue weighted by Crippen LogP contribution is 2.27. The van der Waals surface area contributed by atoms with Crippen LogP contribution in [0, 0.1) is 0 Å².